The SMILES string of the molecule is c1ccc(-c2ccc(-c3nc(-c4ccccc4)nc(-c4ccc5c(c4)oc4cc(-c6ccc(-c7ccc8c9ccccc9n(-c9ccccc9)c8c7)cc6)ccc45)n3)cc2)cc1. The smallest absolute Gasteiger partial charge is 0.164 e. The van der Waals surface area contributed by atoms with E-state index in [2.05, 4.69) is 180 Å². The summed E-state index contributed by atoms with van der Waals surface area (Å²) in [5, 5.41) is 4.61. The second-order valence-corrected chi connectivity index (χ2v) is 15.6. The molecule has 0 saturated carbocycles. The number of hydrogen-bond donors (Lipinski definition) is 0. The lowest BCUT2D eigenvalue weighted by Crippen LogP contribution is -2.00. The number of furan rings is 1. The van der Waals surface area contributed by atoms with E-state index in [1.807, 2.05) is 42.5 Å². The fourth-order valence-corrected chi connectivity index (χ4v) is 8.75. The van der Waals surface area contributed by atoms with Crippen molar-refractivity contribution < 1.29 is 4.42 Å². The average Bonchev–Trinajstić information content (AvgIpc) is 3.89. The van der Waals surface area contributed by atoms with Crippen LogP contribution >= 0.6 is 0 Å². The predicted molar refractivity (Wildman–Crippen MR) is 254 cm³/mol. The Kier molecular flexibility index (Phi) is 8.42. The van der Waals surface area contributed by atoms with Crippen molar-refractivity contribution in [3.8, 4) is 73.2 Å². The highest BCUT2D eigenvalue weighted by atomic mass is 16.3. The van der Waals surface area contributed by atoms with Crippen LogP contribution in [0.5, 0.6) is 0 Å². The quantitative estimate of drug-likeness (QED) is 0.161. The van der Waals surface area contributed by atoms with Crippen LogP contribution in [0.1, 0.15) is 0 Å². The molecule has 62 heavy (non-hydrogen) atoms. The van der Waals surface area contributed by atoms with Gasteiger partial charge in [0.25, 0.3) is 0 Å². The Hall–Kier alpha value is -8.41. The number of rotatable bonds is 7. The van der Waals surface area contributed by atoms with Crippen LogP contribution in [-0.4, -0.2) is 19.5 Å². The monoisotopic (exact) mass is 792 g/mol. The first-order valence-electron chi connectivity index (χ1n) is 20.8. The van der Waals surface area contributed by atoms with E-state index in [1.54, 1.807) is 0 Å². The molecule has 12 rings (SSSR count). The zero-order chi connectivity index (χ0) is 41.0. The van der Waals surface area contributed by atoms with Gasteiger partial charge in [0, 0.05) is 43.9 Å². The molecule has 5 heteroatoms. The molecule has 5 nitrogen and oxygen atoms in total. The Labute approximate surface area is 357 Å². The standard InChI is InChI=1S/C57H36N4O/c1-4-12-37(13-5-1)38-24-26-42(27-25-38)56-58-55(41-14-6-2-7-15-41)59-57(60-56)45-30-33-50-49-32-29-44(35-53(49)62-54(50)36-45)40-22-20-39(21-23-40)43-28-31-48-47-18-10-11-19-51(47)61(52(48)34-43)46-16-8-3-9-17-46/h1-36H. The van der Waals surface area contributed by atoms with Gasteiger partial charge in [-0.15, -0.1) is 0 Å². The molecule has 0 spiro atoms. The molecule has 0 aliphatic rings. The first-order valence-corrected chi connectivity index (χ1v) is 20.8. The molecule has 12 aromatic rings. The van der Waals surface area contributed by atoms with Gasteiger partial charge in [0.15, 0.2) is 17.5 Å². The van der Waals surface area contributed by atoms with Gasteiger partial charge in [-0.1, -0.05) is 170 Å². The Bertz CT molecular complexity index is 3590. The van der Waals surface area contributed by atoms with Gasteiger partial charge >= 0.3 is 0 Å². The van der Waals surface area contributed by atoms with E-state index in [9.17, 15) is 0 Å². The van der Waals surface area contributed by atoms with Crippen molar-refractivity contribution in [2.24, 2.45) is 0 Å². The van der Waals surface area contributed by atoms with Crippen molar-refractivity contribution in [1.29, 1.82) is 0 Å². The third kappa shape index (κ3) is 6.23. The molecule has 0 saturated heterocycles. The maximum Gasteiger partial charge on any atom is 0.164 e. The molecule has 290 valence electrons. The first-order chi connectivity index (χ1) is 30.7. The van der Waals surface area contributed by atoms with Crippen LogP contribution in [0.3, 0.4) is 0 Å². The molecule has 3 heterocycles. The highest BCUT2D eigenvalue weighted by molar-refractivity contribution is 6.10. The summed E-state index contributed by atoms with van der Waals surface area (Å²) in [6, 6.07) is 76.4. The number of hydrogen-bond acceptors (Lipinski definition) is 4. The van der Waals surface area contributed by atoms with E-state index in [0.717, 1.165) is 61.0 Å². The van der Waals surface area contributed by atoms with Gasteiger partial charge in [0.2, 0.25) is 0 Å². The molecule has 0 amide bonds. The lowest BCUT2D eigenvalue weighted by atomic mass is 9.98. The summed E-state index contributed by atoms with van der Waals surface area (Å²) >= 11 is 0. The van der Waals surface area contributed by atoms with Crippen LogP contribution < -0.4 is 0 Å². The second-order valence-electron chi connectivity index (χ2n) is 15.6. The predicted octanol–water partition coefficient (Wildman–Crippen LogP) is 14.9. The van der Waals surface area contributed by atoms with Crippen LogP contribution in [0.15, 0.2) is 223 Å². The van der Waals surface area contributed by atoms with E-state index in [-0.39, 0.29) is 0 Å². The van der Waals surface area contributed by atoms with Gasteiger partial charge in [-0.05, 0) is 81.9 Å². The Morgan fingerprint density at radius 1 is 0.274 bits per heavy atom. The van der Waals surface area contributed by atoms with E-state index < -0.39 is 0 Å². The highest BCUT2D eigenvalue weighted by Gasteiger charge is 2.17. The minimum atomic E-state index is 0.588. The summed E-state index contributed by atoms with van der Waals surface area (Å²) in [7, 11) is 0. The van der Waals surface area contributed by atoms with Gasteiger partial charge in [0.1, 0.15) is 11.2 Å². The van der Waals surface area contributed by atoms with Crippen LogP contribution in [0.4, 0.5) is 0 Å². The highest BCUT2D eigenvalue weighted by Crippen LogP contribution is 2.38. The summed E-state index contributed by atoms with van der Waals surface area (Å²) in [6.07, 6.45) is 0. The summed E-state index contributed by atoms with van der Waals surface area (Å²) in [5.41, 5.74) is 14.7. The lowest BCUT2D eigenvalue weighted by molar-refractivity contribution is 0.669. The van der Waals surface area contributed by atoms with Gasteiger partial charge in [0.05, 0.1) is 11.0 Å². The third-order valence-electron chi connectivity index (χ3n) is 11.9. The zero-order valence-corrected chi connectivity index (χ0v) is 33.5. The molecule has 0 fully saturated rings. The zero-order valence-electron chi connectivity index (χ0n) is 33.5. The van der Waals surface area contributed by atoms with E-state index in [4.69, 9.17) is 19.4 Å². The molecule has 0 unspecified atom stereocenters. The molecule has 0 aliphatic carbocycles. The fourth-order valence-electron chi connectivity index (χ4n) is 8.75. The molecule has 3 aromatic heterocycles. The first kappa shape index (κ1) is 35.5. The van der Waals surface area contributed by atoms with Crippen LogP contribution in [0.2, 0.25) is 0 Å². The summed E-state index contributed by atoms with van der Waals surface area (Å²) < 4.78 is 8.96. The summed E-state index contributed by atoms with van der Waals surface area (Å²) in [4.78, 5) is 15.0. The molecule has 0 radical (unpaired) electrons. The number of fused-ring (bicyclic) bond motifs is 6. The van der Waals surface area contributed by atoms with Crippen molar-refractivity contribution in [3.63, 3.8) is 0 Å². The molecule has 9 aromatic carbocycles. The maximum absolute atomic E-state index is 6.59. The average molecular weight is 793 g/mol. The number of benzene rings is 9. The third-order valence-corrected chi connectivity index (χ3v) is 11.9. The van der Waals surface area contributed by atoms with E-state index in [0.29, 0.717) is 17.5 Å². The van der Waals surface area contributed by atoms with Gasteiger partial charge < -0.3 is 8.98 Å². The number of nitrogens with zero attached hydrogens (tertiary/aromatic N) is 4. The maximum atomic E-state index is 6.59. The van der Waals surface area contributed by atoms with Crippen molar-refractivity contribution in [1.82, 2.24) is 19.5 Å². The van der Waals surface area contributed by atoms with E-state index in [1.165, 1.54) is 38.5 Å². The van der Waals surface area contributed by atoms with Crippen LogP contribution in [0, 0.1) is 0 Å². The van der Waals surface area contributed by atoms with Gasteiger partial charge in [-0.25, -0.2) is 15.0 Å². The molecular formula is C57H36N4O. The Balaban J connectivity index is 0.873. The number of aromatic nitrogens is 4. The van der Waals surface area contributed by atoms with Gasteiger partial charge in [-0.2, -0.15) is 0 Å². The van der Waals surface area contributed by atoms with Crippen molar-refractivity contribution >= 4 is 43.7 Å². The van der Waals surface area contributed by atoms with Crippen LogP contribution in [-0.2, 0) is 0 Å². The molecular weight excluding hydrogens is 757 g/mol. The topological polar surface area (TPSA) is 56.7 Å². The molecule has 0 atom stereocenters. The largest absolute Gasteiger partial charge is 0.456 e. The summed E-state index contributed by atoms with van der Waals surface area (Å²) in [5.74, 6) is 1.82. The minimum Gasteiger partial charge on any atom is -0.456 e. The normalized spacial score (nSPS) is 11.5. The second kappa shape index (κ2) is 14.7. The number of para-hydroxylation sites is 2. The van der Waals surface area contributed by atoms with E-state index >= 15 is 0 Å². The Morgan fingerprint density at radius 2 is 0.661 bits per heavy atom. The molecule has 0 bridgehead atoms. The van der Waals surface area contributed by atoms with Crippen LogP contribution in [0.25, 0.3) is 117 Å². The van der Waals surface area contributed by atoms with Crippen molar-refractivity contribution in [2.45, 2.75) is 0 Å². The minimum absolute atomic E-state index is 0.588. The van der Waals surface area contributed by atoms with Crippen molar-refractivity contribution in [3.05, 3.63) is 218 Å². The van der Waals surface area contributed by atoms with Crippen molar-refractivity contribution in [2.75, 3.05) is 0 Å². The fraction of sp³-hybridized carbons (Fsp3) is 0. The Morgan fingerprint density at radius 3 is 1.29 bits per heavy atom. The lowest BCUT2D eigenvalue weighted by Gasteiger charge is -2.09. The molecule has 0 aliphatic heterocycles. The molecule has 0 N–H and O–H groups in total. The summed E-state index contributed by atoms with van der Waals surface area (Å²) in [6.45, 7) is 0. The van der Waals surface area contributed by atoms with Gasteiger partial charge in [-0.3, -0.25) is 0 Å².